The first-order valence-corrected chi connectivity index (χ1v) is 10.5. The van der Waals surface area contributed by atoms with Crippen molar-refractivity contribution in [3.05, 3.63) is 86.7 Å². The van der Waals surface area contributed by atoms with Crippen molar-refractivity contribution in [2.75, 3.05) is 5.32 Å². The maximum atomic E-state index is 13.5. The van der Waals surface area contributed by atoms with Gasteiger partial charge in [0.1, 0.15) is 5.82 Å². The maximum absolute atomic E-state index is 13.5. The first-order valence-electron chi connectivity index (χ1n) is 9.51. The monoisotopic (exact) mass is 445 g/mol. The van der Waals surface area contributed by atoms with Crippen LogP contribution in [0, 0.1) is 6.92 Å². The van der Waals surface area contributed by atoms with Crippen LogP contribution in [0.2, 0.25) is 0 Å². The standard InChI is InChI=1S/C22H18F3N3O2S/c1-12-5-4-6-13(9-12)11-31-21-27-19-18(20(30)28-21)15(10-17(29)26-19)14-7-2-3-8-16(14)22(23,24)25/h2-9,15H,10-11H2,1H3,(H2,26,27,28,29,30). The van der Waals surface area contributed by atoms with E-state index in [4.69, 9.17) is 0 Å². The zero-order valence-corrected chi connectivity index (χ0v) is 17.2. The summed E-state index contributed by atoms with van der Waals surface area (Å²) in [6, 6.07) is 12.9. The number of halogens is 3. The van der Waals surface area contributed by atoms with Crippen molar-refractivity contribution in [3.63, 3.8) is 0 Å². The summed E-state index contributed by atoms with van der Waals surface area (Å²) < 4.78 is 40.6. The highest BCUT2D eigenvalue weighted by Crippen LogP contribution is 2.41. The van der Waals surface area contributed by atoms with Crippen molar-refractivity contribution >= 4 is 23.5 Å². The number of H-pyrrole nitrogens is 1. The van der Waals surface area contributed by atoms with Gasteiger partial charge in [0.15, 0.2) is 5.16 Å². The molecule has 2 N–H and O–H groups in total. The minimum atomic E-state index is -4.60. The van der Waals surface area contributed by atoms with Gasteiger partial charge in [0.2, 0.25) is 5.91 Å². The molecule has 0 radical (unpaired) electrons. The lowest BCUT2D eigenvalue weighted by molar-refractivity contribution is -0.138. The number of benzene rings is 2. The Balaban J connectivity index is 1.71. The van der Waals surface area contributed by atoms with Gasteiger partial charge < -0.3 is 10.3 Å². The van der Waals surface area contributed by atoms with Crippen LogP contribution in [0.15, 0.2) is 58.5 Å². The summed E-state index contributed by atoms with van der Waals surface area (Å²) in [5.74, 6) is -0.970. The number of thioether (sulfide) groups is 1. The van der Waals surface area contributed by atoms with Crippen molar-refractivity contribution in [2.24, 2.45) is 0 Å². The fourth-order valence-electron chi connectivity index (χ4n) is 3.70. The van der Waals surface area contributed by atoms with Gasteiger partial charge in [-0.1, -0.05) is 59.8 Å². The van der Waals surface area contributed by atoms with Crippen LogP contribution in [-0.4, -0.2) is 15.9 Å². The number of anilines is 1. The van der Waals surface area contributed by atoms with E-state index in [0.29, 0.717) is 5.75 Å². The minimum absolute atomic E-state index is 0.00807. The van der Waals surface area contributed by atoms with Gasteiger partial charge in [-0.2, -0.15) is 13.2 Å². The zero-order chi connectivity index (χ0) is 22.2. The normalized spacial score (nSPS) is 16.0. The molecule has 3 aromatic rings. The van der Waals surface area contributed by atoms with Crippen molar-refractivity contribution in [3.8, 4) is 0 Å². The first-order chi connectivity index (χ1) is 14.7. The van der Waals surface area contributed by atoms with E-state index in [1.807, 2.05) is 31.2 Å². The molecule has 5 nitrogen and oxygen atoms in total. The van der Waals surface area contributed by atoms with E-state index in [1.54, 1.807) is 0 Å². The number of carbonyl (C=O) groups excluding carboxylic acids is 1. The van der Waals surface area contributed by atoms with Crippen LogP contribution in [0.5, 0.6) is 0 Å². The van der Waals surface area contributed by atoms with Crippen molar-refractivity contribution in [1.29, 1.82) is 0 Å². The second kappa shape index (κ2) is 8.22. The molecule has 160 valence electrons. The Morgan fingerprint density at radius 3 is 2.65 bits per heavy atom. The Labute approximate surface area is 180 Å². The van der Waals surface area contributed by atoms with Crippen LogP contribution >= 0.6 is 11.8 Å². The largest absolute Gasteiger partial charge is 0.416 e. The van der Waals surface area contributed by atoms with Gasteiger partial charge >= 0.3 is 6.18 Å². The van der Waals surface area contributed by atoms with Crippen LogP contribution in [-0.2, 0) is 16.7 Å². The second-order valence-electron chi connectivity index (χ2n) is 7.30. The van der Waals surface area contributed by atoms with Crippen LogP contribution in [0.25, 0.3) is 0 Å². The number of nitrogens with zero attached hydrogens (tertiary/aromatic N) is 1. The number of hydrogen-bond acceptors (Lipinski definition) is 4. The molecular weight excluding hydrogens is 427 g/mol. The number of carbonyl (C=O) groups is 1. The predicted molar refractivity (Wildman–Crippen MR) is 112 cm³/mol. The summed E-state index contributed by atoms with van der Waals surface area (Å²) in [5.41, 5.74) is 0.640. The molecule has 4 rings (SSSR count). The average molecular weight is 445 g/mol. The lowest BCUT2D eigenvalue weighted by Gasteiger charge is -2.26. The molecule has 0 saturated heterocycles. The molecule has 1 unspecified atom stereocenters. The molecule has 0 bridgehead atoms. The SMILES string of the molecule is Cc1cccc(CSc2nc3c(c(=O)[nH]2)C(c2ccccc2C(F)(F)F)CC(=O)N3)c1. The van der Waals surface area contributed by atoms with Gasteiger partial charge in [0.25, 0.3) is 5.56 Å². The van der Waals surface area contributed by atoms with Crippen molar-refractivity contribution in [2.45, 2.75) is 36.3 Å². The first kappa shape index (κ1) is 21.2. The highest BCUT2D eigenvalue weighted by molar-refractivity contribution is 7.98. The number of rotatable bonds is 4. The van der Waals surface area contributed by atoms with Gasteiger partial charge in [0, 0.05) is 18.1 Å². The molecule has 1 aromatic heterocycles. The van der Waals surface area contributed by atoms with E-state index >= 15 is 0 Å². The van der Waals surface area contributed by atoms with Crippen LogP contribution in [0.1, 0.15) is 40.2 Å². The Bertz CT molecular complexity index is 1210. The van der Waals surface area contributed by atoms with Gasteiger partial charge in [-0.15, -0.1) is 0 Å². The quantitative estimate of drug-likeness (QED) is 0.444. The topological polar surface area (TPSA) is 74.8 Å². The number of nitrogens with one attached hydrogen (secondary N) is 2. The van der Waals surface area contributed by atoms with E-state index in [9.17, 15) is 22.8 Å². The lowest BCUT2D eigenvalue weighted by Crippen LogP contribution is -2.32. The number of hydrogen-bond donors (Lipinski definition) is 2. The van der Waals surface area contributed by atoms with Crippen molar-refractivity contribution in [1.82, 2.24) is 9.97 Å². The second-order valence-corrected chi connectivity index (χ2v) is 8.27. The average Bonchev–Trinajstić information content (AvgIpc) is 2.71. The predicted octanol–water partition coefficient (Wildman–Crippen LogP) is 4.86. The molecule has 2 aromatic carbocycles. The number of aryl methyl sites for hydroxylation is 1. The molecule has 0 aliphatic carbocycles. The van der Waals surface area contributed by atoms with E-state index in [1.165, 1.54) is 30.0 Å². The molecule has 1 aliphatic rings. The van der Waals surface area contributed by atoms with Gasteiger partial charge in [-0.3, -0.25) is 9.59 Å². The van der Waals surface area contributed by atoms with Crippen molar-refractivity contribution < 1.29 is 18.0 Å². The van der Waals surface area contributed by atoms with E-state index < -0.39 is 29.1 Å². The molecule has 1 aliphatic heterocycles. The molecule has 31 heavy (non-hydrogen) atoms. The van der Waals surface area contributed by atoms with Crippen LogP contribution in [0.4, 0.5) is 19.0 Å². The van der Waals surface area contributed by atoms with Gasteiger partial charge in [0.05, 0.1) is 11.1 Å². The summed E-state index contributed by atoms with van der Waals surface area (Å²) >= 11 is 1.28. The number of fused-ring (bicyclic) bond motifs is 1. The third-order valence-corrected chi connectivity index (χ3v) is 5.97. The van der Waals surface area contributed by atoms with E-state index in [2.05, 4.69) is 15.3 Å². The Morgan fingerprint density at radius 2 is 1.90 bits per heavy atom. The fourth-order valence-corrected chi connectivity index (χ4v) is 4.50. The number of aromatic nitrogens is 2. The maximum Gasteiger partial charge on any atom is 0.416 e. The number of amides is 1. The summed E-state index contributed by atoms with van der Waals surface area (Å²) in [6.45, 7) is 1.97. The zero-order valence-electron chi connectivity index (χ0n) is 16.4. The molecule has 0 spiro atoms. The summed E-state index contributed by atoms with van der Waals surface area (Å²) in [7, 11) is 0. The molecule has 9 heteroatoms. The summed E-state index contributed by atoms with van der Waals surface area (Å²) in [5, 5.41) is 2.83. The highest BCUT2D eigenvalue weighted by atomic mass is 32.2. The molecule has 0 saturated carbocycles. The third kappa shape index (κ3) is 4.51. The molecule has 0 fully saturated rings. The lowest BCUT2D eigenvalue weighted by atomic mass is 9.84. The van der Waals surface area contributed by atoms with Gasteiger partial charge in [-0.05, 0) is 24.1 Å². The molecule has 1 amide bonds. The smallest absolute Gasteiger partial charge is 0.310 e. The molecule has 1 atom stereocenters. The number of alkyl halides is 3. The van der Waals surface area contributed by atoms with E-state index in [-0.39, 0.29) is 28.5 Å². The number of aromatic amines is 1. The molecular formula is C22H18F3N3O2S. The molecule has 2 heterocycles. The van der Waals surface area contributed by atoms with Gasteiger partial charge in [-0.25, -0.2) is 4.98 Å². The Morgan fingerprint density at radius 1 is 1.13 bits per heavy atom. The summed E-state index contributed by atoms with van der Waals surface area (Å²) in [6.07, 6.45) is -4.87. The Hall–Kier alpha value is -3.07. The Kier molecular flexibility index (Phi) is 5.62. The van der Waals surface area contributed by atoms with Crippen LogP contribution < -0.4 is 10.9 Å². The minimum Gasteiger partial charge on any atom is -0.310 e. The fraction of sp³-hybridized carbons (Fsp3) is 0.227. The summed E-state index contributed by atoms with van der Waals surface area (Å²) in [4.78, 5) is 32.1. The highest BCUT2D eigenvalue weighted by Gasteiger charge is 2.39. The third-order valence-electron chi connectivity index (χ3n) is 5.03. The van der Waals surface area contributed by atoms with Crippen LogP contribution in [0.3, 0.4) is 0 Å². The van der Waals surface area contributed by atoms with E-state index in [0.717, 1.165) is 17.2 Å².